The maximum Gasteiger partial charge on any atom is 0.347 e. The number of benzene rings is 1. The molecule has 2 unspecified atom stereocenters. The molecule has 0 saturated carbocycles. The van der Waals surface area contributed by atoms with Gasteiger partial charge in [0.05, 0.1) is 45.2 Å². The molecule has 2 saturated heterocycles. The number of hydroxylamine groups is 3. The maximum absolute atomic E-state index is 13.7. The van der Waals surface area contributed by atoms with E-state index < -0.39 is 28.4 Å². The number of carbonyl (C=O) groups is 3. The number of anilines is 1. The Morgan fingerprint density at radius 3 is 2.32 bits per heavy atom. The van der Waals surface area contributed by atoms with E-state index in [1.54, 1.807) is 12.1 Å². The van der Waals surface area contributed by atoms with Crippen molar-refractivity contribution >= 4 is 23.4 Å². The Labute approximate surface area is 216 Å². The molecule has 12 heteroatoms. The summed E-state index contributed by atoms with van der Waals surface area (Å²) in [7, 11) is 0. The fraction of sp³-hybridized carbons (Fsp3) is 0.640. The molecule has 0 aliphatic carbocycles. The van der Waals surface area contributed by atoms with Gasteiger partial charge < -0.3 is 30.1 Å². The zero-order valence-electron chi connectivity index (χ0n) is 21.2. The van der Waals surface area contributed by atoms with E-state index in [1.165, 1.54) is 0 Å². The highest BCUT2D eigenvalue weighted by atomic mass is 16.6. The first-order valence-corrected chi connectivity index (χ1v) is 12.9. The molecule has 204 valence electrons. The Kier molecular flexibility index (Phi) is 9.60. The van der Waals surface area contributed by atoms with Crippen LogP contribution in [-0.2, 0) is 30.3 Å². The highest BCUT2D eigenvalue weighted by Crippen LogP contribution is 2.39. The Morgan fingerprint density at radius 1 is 0.973 bits per heavy atom. The molecule has 2 atom stereocenters. The van der Waals surface area contributed by atoms with Crippen molar-refractivity contribution in [3.63, 3.8) is 0 Å². The van der Waals surface area contributed by atoms with Crippen LogP contribution in [0.2, 0.25) is 0 Å². The number of ether oxygens (including phenoxy) is 3. The van der Waals surface area contributed by atoms with Crippen LogP contribution in [0.25, 0.3) is 0 Å². The SMILES string of the molecule is NCCOCCOCCOCCN1CCN(c2cccc3c2C[N+]([O-])(C2CCC(=O)NC2=O)C3=O)CC1. The Bertz CT molecular complexity index is 969. The summed E-state index contributed by atoms with van der Waals surface area (Å²) in [5.41, 5.74) is 7.30. The van der Waals surface area contributed by atoms with Crippen molar-refractivity contribution in [1.29, 1.82) is 0 Å². The lowest BCUT2D eigenvalue weighted by Crippen LogP contribution is -2.60. The van der Waals surface area contributed by atoms with Crippen LogP contribution in [0.3, 0.4) is 0 Å². The number of nitrogens with one attached hydrogen (secondary N) is 1. The van der Waals surface area contributed by atoms with Gasteiger partial charge in [-0.25, -0.2) is 4.79 Å². The maximum atomic E-state index is 13.7. The number of nitrogens with two attached hydrogens (primary N) is 1. The minimum Gasteiger partial charge on any atom is -0.624 e. The molecule has 3 N–H and O–H groups in total. The molecule has 0 aromatic heterocycles. The molecule has 0 bridgehead atoms. The minimum absolute atomic E-state index is 0.0675. The van der Waals surface area contributed by atoms with E-state index in [0.29, 0.717) is 57.3 Å². The lowest BCUT2D eigenvalue weighted by atomic mass is 10.0. The van der Waals surface area contributed by atoms with Crippen molar-refractivity contribution in [2.75, 3.05) is 83.8 Å². The van der Waals surface area contributed by atoms with Crippen LogP contribution in [0.4, 0.5) is 5.69 Å². The predicted molar refractivity (Wildman–Crippen MR) is 134 cm³/mol. The van der Waals surface area contributed by atoms with Gasteiger partial charge in [-0.2, -0.15) is 0 Å². The normalized spacial score (nSPS) is 24.4. The minimum atomic E-state index is -1.26. The first-order valence-electron chi connectivity index (χ1n) is 12.9. The van der Waals surface area contributed by atoms with Crippen molar-refractivity contribution in [2.24, 2.45) is 5.73 Å². The molecule has 0 radical (unpaired) electrons. The number of piperidine rings is 1. The standard InChI is InChI=1S/C25H37N5O7/c26-6-12-35-14-16-37-17-15-36-13-11-28-7-9-29(10-8-28)21-3-1-2-19-20(21)18-30(34,25(19)33)22-4-5-23(31)27-24(22)32/h1-3,22H,4-18,26H2,(H,27,31,32). The highest BCUT2D eigenvalue weighted by molar-refractivity contribution is 6.02. The number of hydrogen-bond donors (Lipinski definition) is 2. The predicted octanol–water partition coefficient (Wildman–Crippen LogP) is -0.409. The molecule has 0 spiro atoms. The summed E-state index contributed by atoms with van der Waals surface area (Å²) in [6.45, 7) is 7.69. The Hall–Kier alpha value is -2.45. The van der Waals surface area contributed by atoms with Gasteiger partial charge in [0.25, 0.3) is 5.91 Å². The zero-order chi connectivity index (χ0) is 26.3. The van der Waals surface area contributed by atoms with E-state index in [9.17, 15) is 19.6 Å². The van der Waals surface area contributed by atoms with Crippen LogP contribution in [0.1, 0.15) is 28.8 Å². The lowest BCUT2D eigenvalue weighted by Gasteiger charge is -2.43. The summed E-state index contributed by atoms with van der Waals surface area (Å²) >= 11 is 0. The molecular weight excluding hydrogens is 482 g/mol. The molecule has 3 aliphatic heterocycles. The van der Waals surface area contributed by atoms with E-state index in [-0.39, 0.29) is 19.4 Å². The molecule has 3 heterocycles. The topological polar surface area (TPSA) is 146 Å². The second-order valence-corrected chi connectivity index (χ2v) is 9.48. The number of imide groups is 1. The summed E-state index contributed by atoms with van der Waals surface area (Å²) in [6, 6.07) is 4.29. The number of rotatable bonds is 13. The summed E-state index contributed by atoms with van der Waals surface area (Å²) in [4.78, 5) is 41.6. The first-order chi connectivity index (χ1) is 17.9. The Balaban J connectivity index is 1.23. The van der Waals surface area contributed by atoms with Crippen molar-refractivity contribution in [2.45, 2.75) is 25.4 Å². The molecular formula is C25H37N5O7. The smallest absolute Gasteiger partial charge is 0.347 e. The molecule has 2 fully saturated rings. The second-order valence-electron chi connectivity index (χ2n) is 9.48. The van der Waals surface area contributed by atoms with E-state index in [4.69, 9.17) is 19.9 Å². The quantitative estimate of drug-likeness (QED) is 0.153. The van der Waals surface area contributed by atoms with Gasteiger partial charge in [-0.1, -0.05) is 6.07 Å². The monoisotopic (exact) mass is 519 g/mol. The third-order valence-electron chi connectivity index (χ3n) is 7.10. The molecule has 37 heavy (non-hydrogen) atoms. The molecule has 4 rings (SSSR count). The molecule has 1 aromatic carbocycles. The fourth-order valence-corrected chi connectivity index (χ4v) is 5.11. The summed E-state index contributed by atoms with van der Waals surface area (Å²) in [6.07, 6.45) is 0.150. The molecule has 12 nitrogen and oxygen atoms in total. The third-order valence-corrected chi connectivity index (χ3v) is 7.10. The van der Waals surface area contributed by atoms with E-state index in [1.807, 2.05) is 6.07 Å². The number of amides is 3. The molecule has 3 amide bonds. The average molecular weight is 520 g/mol. The van der Waals surface area contributed by atoms with Gasteiger partial charge in [0.1, 0.15) is 6.54 Å². The highest BCUT2D eigenvalue weighted by Gasteiger charge is 2.50. The van der Waals surface area contributed by atoms with Crippen LogP contribution in [0.5, 0.6) is 0 Å². The van der Waals surface area contributed by atoms with Crippen molar-refractivity contribution in [3.05, 3.63) is 34.5 Å². The summed E-state index contributed by atoms with van der Waals surface area (Å²) in [5, 5.41) is 15.9. The fourth-order valence-electron chi connectivity index (χ4n) is 5.11. The van der Waals surface area contributed by atoms with Gasteiger partial charge in [0.2, 0.25) is 5.91 Å². The number of hydrogen-bond acceptors (Lipinski definition) is 10. The van der Waals surface area contributed by atoms with Gasteiger partial charge in [-0.3, -0.25) is 24.5 Å². The van der Waals surface area contributed by atoms with Gasteiger partial charge in [-0.05, 0) is 12.1 Å². The van der Waals surface area contributed by atoms with E-state index in [0.717, 1.165) is 38.4 Å². The number of piperazine rings is 1. The summed E-state index contributed by atoms with van der Waals surface area (Å²) < 4.78 is 15.1. The van der Waals surface area contributed by atoms with Crippen LogP contribution in [0.15, 0.2) is 18.2 Å². The Morgan fingerprint density at radius 2 is 1.65 bits per heavy atom. The van der Waals surface area contributed by atoms with E-state index in [2.05, 4.69) is 15.1 Å². The molecule has 1 aromatic rings. The number of nitrogens with zero attached hydrogens (tertiary/aromatic N) is 3. The van der Waals surface area contributed by atoms with Crippen LogP contribution >= 0.6 is 0 Å². The van der Waals surface area contributed by atoms with Gasteiger partial charge >= 0.3 is 5.91 Å². The zero-order valence-corrected chi connectivity index (χ0v) is 21.2. The van der Waals surface area contributed by atoms with Crippen LogP contribution in [-0.4, -0.2) is 112 Å². The van der Waals surface area contributed by atoms with Crippen molar-refractivity contribution in [3.8, 4) is 0 Å². The molecule has 3 aliphatic rings. The number of quaternary nitrogens is 1. The van der Waals surface area contributed by atoms with Crippen molar-refractivity contribution < 1.29 is 33.2 Å². The van der Waals surface area contributed by atoms with Crippen LogP contribution < -0.4 is 16.0 Å². The lowest BCUT2D eigenvalue weighted by molar-refractivity contribution is -0.825. The van der Waals surface area contributed by atoms with Crippen LogP contribution in [0, 0.1) is 5.21 Å². The number of carbonyl (C=O) groups excluding carboxylic acids is 3. The van der Waals surface area contributed by atoms with Gasteiger partial charge in [0, 0.05) is 63.4 Å². The number of fused-ring (bicyclic) bond motifs is 1. The van der Waals surface area contributed by atoms with Gasteiger partial charge in [0.15, 0.2) is 6.04 Å². The first kappa shape index (κ1) is 27.6. The second kappa shape index (κ2) is 12.9. The van der Waals surface area contributed by atoms with E-state index >= 15 is 0 Å². The largest absolute Gasteiger partial charge is 0.624 e. The summed E-state index contributed by atoms with van der Waals surface area (Å²) in [5.74, 6) is -1.67. The van der Waals surface area contributed by atoms with Gasteiger partial charge in [-0.15, -0.1) is 0 Å². The van der Waals surface area contributed by atoms with Crippen molar-refractivity contribution in [1.82, 2.24) is 10.2 Å². The third kappa shape index (κ3) is 6.52. The average Bonchev–Trinajstić information content (AvgIpc) is 3.16.